The molecule has 3 aromatic heterocycles. The van der Waals surface area contributed by atoms with Gasteiger partial charge in [0.1, 0.15) is 5.69 Å². The third kappa shape index (κ3) is 2.56. The maximum absolute atomic E-state index is 5.74. The summed E-state index contributed by atoms with van der Waals surface area (Å²) in [7, 11) is 0. The molecule has 1 atom stereocenters. The lowest BCUT2D eigenvalue weighted by Crippen LogP contribution is -2.05. The van der Waals surface area contributed by atoms with Gasteiger partial charge in [-0.2, -0.15) is 0 Å². The van der Waals surface area contributed by atoms with Crippen LogP contribution in [0.1, 0.15) is 24.4 Å². The Morgan fingerprint density at radius 2 is 2.42 bits per heavy atom. The number of thiophene rings is 1. The highest BCUT2D eigenvalue weighted by Crippen LogP contribution is 2.25. The summed E-state index contributed by atoms with van der Waals surface area (Å²) in [6.45, 7) is 2.40. The normalized spacial score (nSPS) is 12.7. The van der Waals surface area contributed by atoms with E-state index < -0.39 is 0 Å². The molecule has 3 heterocycles. The Bertz CT molecular complexity index is 655. The molecular formula is C12H13N5OS. The smallest absolute Gasteiger partial charge is 0.177 e. The van der Waals surface area contributed by atoms with Gasteiger partial charge in [0.25, 0.3) is 0 Å². The molecule has 3 aromatic rings. The summed E-state index contributed by atoms with van der Waals surface area (Å²) < 4.78 is 7.01. The second-order valence-electron chi connectivity index (χ2n) is 4.29. The molecule has 0 fully saturated rings. The molecule has 6 nitrogen and oxygen atoms in total. The van der Waals surface area contributed by atoms with Gasteiger partial charge in [-0.05, 0) is 18.4 Å². The number of hydrogen-bond acceptors (Lipinski definition) is 6. The van der Waals surface area contributed by atoms with Crippen molar-refractivity contribution in [2.75, 3.05) is 0 Å². The minimum atomic E-state index is -0.118. The van der Waals surface area contributed by atoms with E-state index in [9.17, 15) is 0 Å². The summed E-state index contributed by atoms with van der Waals surface area (Å²) in [6.07, 6.45) is 1.82. The van der Waals surface area contributed by atoms with Crippen LogP contribution in [-0.2, 0) is 6.54 Å². The Labute approximate surface area is 113 Å². The van der Waals surface area contributed by atoms with Gasteiger partial charge in [0.2, 0.25) is 0 Å². The molecule has 0 aliphatic carbocycles. The van der Waals surface area contributed by atoms with Crippen molar-refractivity contribution in [1.82, 2.24) is 20.2 Å². The summed E-state index contributed by atoms with van der Waals surface area (Å²) in [5, 5.41) is 14.0. The Morgan fingerprint density at radius 3 is 3.11 bits per heavy atom. The topological polar surface area (TPSA) is 82.8 Å². The molecule has 1 unspecified atom stereocenters. The van der Waals surface area contributed by atoms with Gasteiger partial charge in [0, 0.05) is 12.1 Å². The van der Waals surface area contributed by atoms with E-state index in [0.29, 0.717) is 6.54 Å². The van der Waals surface area contributed by atoms with Gasteiger partial charge in [-0.25, -0.2) is 4.68 Å². The van der Waals surface area contributed by atoms with Crippen LogP contribution in [0.3, 0.4) is 0 Å². The average molecular weight is 275 g/mol. The number of hydrogen-bond donors (Lipinski definition) is 1. The van der Waals surface area contributed by atoms with E-state index in [1.54, 1.807) is 16.0 Å². The zero-order valence-electron chi connectivity index (χ0n) is 10.4. The quantitative estimate of drug-likeness (QED) is 0.788. The van der Waals surface area contributed by atoms with Crippen LogP contribution in [-0.4, -0.2) is 20.2 Å². The fourth-order valence-electron chi connectivity index (χ4n) is 1.69. The van der Waals surface area contributed by atoms with E-state index in [-0.39, 0.29) is 6.04 Å². The molecule has 2 N–H and O–H groups in total. The minimum absolute atomic E-state index is 0.118. The molecule has 0 saturated heterocycles. The van der Waals surface area contributed by atoms with Crippen molar-refractivity contribution in [3.63, 3.8) is 0 Å². The predicted octanol–water partition coefficient (Wildman–Crippen LogP) is 2.06. The molecule has 0 spiro atoms. The number of nitrogens with zero attached hydrogens (tertiary/aromatic N) is 4. The van der Waals surface area contributed by atoms with Gasteiger partial charge in [0.05, 0.1) is 23.3 Å². The fourth-order valence-corrected chi connectivity index (χ4v) is 2.36. The Hall–Kier alpha value is -1.99. The first kappa shape index (κ1) is 12.1. The monoisotopic (exact) mass is 275 g/mol. The van der Waals surface area contributed by atoms with Gasteiger partial charge in [-0.3, -0.25) is 0 Å². The van der Waals surface area contributed by atoms with Crippen LogP contribution in [0.4, 0.5) is 0 Å². The van der Waals surface area contributed by atoms with Crippen LogP contribution < -0.4 is 5.73 Å². The average Bonchev–Trinajstić information content (AvgIpc) is 3.09. The number of aromatic nitrogens is 4. The van der Waals surface area contributed by atoms with Crippen molar-refractivity contribution in [3.05, 3.63) is 41.2 Å². The highest BCUT2D eigenvalue weighted by molar-refractivity contribution is 7.13. The van der Waals surface area contributed by atoms with Crippen LogP contribution in [0.25, 0.3) is 10.6 Å². The molecule has 0 amide bonds. The van der Waals surface area contributed by atoms with Crippen molar-refractivity contribution < 1.29 is 4.52 Å². The SMILES string of the molecule is CC(N)c1cn(Cc2cc(-c3cccs3)on2)nn1. The first-order valence-corrected chi connectivity index (χ1v) is 6.75. The minimum Gasteiger partial charge on any atom is -0.355 e. The van der Waals surface area contributed by atoms with Crippen molar-refractivity contribution in [2.45, 2.75) is 19.5 Å². The predicted molar refractivity (Wildman–Crippen MR) is 71.5 cm³/mol. The highest BCUT2D eigenvalue weighted by Gasteiger charge is 2.10. The van der Waals surface area contributed by atoms with Crippen LogP contribution in [0.2, 0.25) is 0 Å². The molecule has 98 valence electrons. The lowest BCUT2D eigenvalue weighted by molar-refractivity contribution is 0.419. The van der Waals surface area contributed by atoms with E-state index in [0.717, 1.165) is 22.0 Å². The standard InChI is InChI=1S/C12H13N5OS/c1-8(13)10-7-17(16-14-10)6-9-5-11(18-15-9)12-3-2-4-19-12/h2-5,7-8H,6,13H2,1H3. The molecular weight excluding hydrogens is 262 g/mol. The van der Waals surface area contributed by atoms with Crippen molar-refractivity contribution in [2.24, 2.45) is 5.73 Å². The zero-order chi connectivity index (χ0) is 13.2. The first-order valence-electron chi connectivity index (χ1n) is 5.87. The second kappa shape index (κ2) is 4.94. The van der Waals surface area contributed by atoms with Crippen molar-refractivity contribution in [1.29, 1.82) is 0 Å². The van der Waals surface area contributed by atoms with E-state index in [1.165, 1.54) is 0 Å². The molecule has 0 aliphatic rings. The maximum atomic E-state index is 5.74. The molecule has 7 heteroatoms. The maximum Gasteiger partial charge on any atom is 0.177 e. The summed E-state index contributed by atoms with van der Waals surface area (Å²) in [5.74, 6) is 0.775. The number of rotatable bonds is 4. The Balaban J connectivity index is 1.76. The van der Waals surface area contributed by atoms with Gasteiger partial charge in [-0.15, -0.1) is 16.4 Å². The Kier molecular flexibility index (Phi) is 3.14. The summed E-state index contributed by atoms with van der Waals surface area (Å²) in [5.41, 5.74) is 7.32. The summed E-state index contributed by atoms with van der Waals surface area (Å²) >= 11 is 1.62. The van der Waals surface area contributed by atoms with Gasteiger partial charge in [0.15, 0.2) is 5.76 Å². The van der Waals surface area contributed by atoms with Gasteiger partial charge in [-0.1, -0.05) is 16.4 Å². The molecule has 0 aromatic carbocycles. The van der Waals surface area contributed by atoms with Gasteiger partial charge < -0.3 is 10.3 Å². The summed E-state index contributed by atoms with van der Waals surface area (Å²) in [4.78, 5) is 1.06. The van der Waals surface area contributed by atoms with Crippen LogP contribution in [0, 0.1) is 0 Å². The van der Waals surface area contributed by atoms with E-state index in [4.69, 9.17) is 10.3 Å². The van der Waals surface area contributed by atoms with Crippen LogP contribution >= 0.6 is 11.3 Å². The van der Waals surface area contributed by atoms with Crippen molar-refractivity contribution >= 4 is 11.3 Å². The first-order chi connectivity index (χ1) is 9.22. The largest absolute Gasteiger partial charge is 0.355 e. The third-order valence-corrected chi connectivity index (χ3v) is 3.55. The third-order valence-electron chi connectivity index (χ3n) is 2.67. The highest BCUT2D eigenvalue weighted by atomic mass is 32.1. The van der Waals surface area contributed by atoms with Gasteiger partial charge >= 0.3 is 0 Å². The fraction of sp³-hybridized carbons (Fsp3) is 0.250. The molecule has 19 heavy (non-hydrogen) atoms. The van der Waals surface area contributed by atoms with Crippen molar-refractivity contribution in [3.8, 4) is 10.6 Å². The molecule has 0 bridgehead atoms. The van der Waals surface area contributed by atoms with Crippen LogP contribution in [0.5, 0.6) is 0 Å². The Morgan fingerprint density at radius 1 is 1.53 bits per heavy atom. The molecule has 0 radical (unpaired) electrons. The number of nitrogens with two attached hydrogens (primary N) is 1. The van der Waals surface area contributed by atoms with E-state index in [1.807, 2.05) is 36.7 Å². The van der Waals surface area contributed by atoms with E-state index in [2.05, 4.69) is 15.5 Å². The molecule has 3 rings (SSSR count). The van der Waals surface area contributed by atoms with E-state index >= 15 is 0 Å². The second-order valence-corrected chi connectivity index (χ2v) is 5.24. The summed E-state index contributed by atoms with van der Waals surface area (Å²) in [6, 6.07) is 5.78. The lowest BCUT2D eigenvalue weighted by atomic mass is 10.3. The zero-order valence-corrected chi connectivity index (χ0v) is 11.2. The molecule has 0 aliphatic heterocycles. The lowest BCUT2D eigenvalue weighted by Gasteiger charge is -1.96. The molecule has 0 saturated carbocycles. The van der Waals surface area contributed by atoms with Crippen LogP contribution in [0.15, 0.2) is 34.3 Å².